The highest BCUT2D eigenvalue weighted by atomic mass is 19.4. The van der Waals surface area contributed by atoms with Gasteiger partial charge in [0.1, 0.15) is 11.6 Å². The normalized spacial score (nSPS) is 15.1. The van der Waals surface area contributed by atoms with E-state index in [-0.39, 0.29) is 23.0 Å². The lowest BCUT2D eigenvalue weighted by atomic mass is 10.2. The number of benzene rings is 2. The SMILES string of the molecule is O=C(/C=C/c1ccccc1OC(F)(F)F)N1CCN(c2ccccc2F)CC1. The van der Waals surface area contributed by atoms with Crippen LogP contribution in [0.3, 0.4) is 0 Å². The van der Waals surface area contributed by atoms with Crippen LogP contribution < -0.4 is 9.64 Å². The van der Waals surface area contributed by atoms with E-state index in [1.807, 2.05) is 4.90 Å². The molecule has 0 N–H and O–H groups in total. The van der Waals surface area contributed by atoms with E-state index in [0.29, 0.717) is 31.9 Å². The predicted molar refractivity (Wildman–Crippen MR) is 97.4 cm³/mol. The molecule has 1 saturated heterocycles. The van der Waals surface area contributed by atoms with E-state index in [9.17, 15) is 22.4 Å². The summed E-state index contributed by atoms with van der Waals surface area (Å²) in [6, 6.07) is 12.0. The molecule has 0 atom stereocenters. The maximum absolute atomic E-state index is 13.9. The smallest absolute Gasteiger partial charge is 0.405 e. The van der Waals surface area contributed by atoms with Crippen molar-refractivity contribution in [1.29, 1.82) is 0 Å². The molecule has 0 unspecified atom stereocenters. The van der Waals surface area contributed by atoms with Crippen molar-refractivity contribution in [3.8, 4) is 5.75 Å². The zero-order valence-electron chi connectivity index (χ0n) is 14.8. The number of anilines is 1. The molecular weight excluding hydrogens is 376 g/mol. The molecule has 0 aliphatic carbocycles. The molecule has 148 valence electrons. The van der Waals surface area contributed by atoms with Crippen molar-refractivity contribution >= 4 is 17.7 Å². The van der Waals surface area contributed by atoms with Crippen LogP contribution in [0.4, 0.5) is 23.2 Å². The number of para-hydroxylation sites is 2. The fraction of sp³-hybridized carbons (Fsp3) is 0.250. The number of ether oxygens (including phenoxy) is 1. The van der Waals surface area contributed by atoms with E-state index in [4.69, 9.17) is 0 Å². The summed E-state index contributed by atoms with van der Waals surface area (Å²) in [4.78, 5) is 15.8. The van der Waals surface area contributed by atoms with Crippen LogP contribution in [-0.2, 0) is 4.79 Å². The van der Waals surface area contributed by atoms with Crippen LogP contribution in [0.1, 0.15) is 5.56 Å². The van der Waals surface area contributed by atoms with Gasteiger partial charge in [0.25, 0.3) is 0 Å². The molecular formula is C20H18F4N2O2. The third-order valence-corrected chi connectivity index (χ3v) is 4.33. The number of rotatable bonds is 4. The zero-order valence-corrected chi connectivity index (χ0v) is 14.8. The highest BCUT2D eigenvalue weighted by molar-refractivity contribution is 5.92. The average Bonchev–Trinajstić information content (AvgIpc) is 2.66. The van der Waals surface area contributed by atoms with Crippen LogP contribution in [0.15, 0.2) is 54.6 Å². The van der Waals surface area contributed by atoms with E-state index >= 15 is 0 Å². The molecule has 1 amide bonds. The summed E-state index contributed by atoms with van der Waals surface area (Å²) in [6.07, 6.45) is -2.29. The van der Waals surface area contributed by atoms with Gasteiger partial charge in [0.05, 0.1) is 5.69 Å². The first-order chi connectivity index (χ1) is 13.3. The first kappa shape index (κ1) is 19.7. The van der Waals surface area contributed by atoms with Gasteiger partial charge >= 0.3 is 6.36 Å². The molecule has 28 heavy (non-hydrogen) atoms. The third-order valence-electron chi connectivity index (χ3n) is 4.33. The van der Waals surface area contributed by atoms with Crippen molar-refractivity contribution in [1.82, 2.24) is 4.90 Å². The molecule has 0 saturated carbocycles. The summed E-state index contributed by atoms with van der Waals surface area (Å²) in [5, 5.41) is 0. The monoisotopic (exact) mass is 394 g/mol. The molecule has 0 aromatic heterocycles. The lowest BCUT2D eigenvalue weighted by Crippen LogP contribution is -2.48. The molecule has 1 aliphatic rings. The van der Waals surface area contributed by atoms with Gasteiger partial charge in [-0.25, -0.2) is 4.39 Å². The Balaban J connectivity index is 1.62. The quantitative estimate of drug-likeness (QED) is 0.579. The molecule has 1 aliphatic heterocycles. The van der Waals surface area contributed by atoms with Crippen LogP contribution in [0.5, 0.6) is 5.75 Å². The maximum Gasteiger partial charge on any atom is 0.573 e. The Morgan fingerprint density at radius 2 is 1.61 bits per heavy atom. The number of amides is 1. The minimum atomic E-state index is -4.81. The number of hydrogen-bond donors (Lipinski definition) is 0. The van der Waals surface area contributed by atoms with E-state index in [0.717, 1.165) is 0 Å². The van der Waals surface area contributed by atoms with Gasteiger partial charge in [-0.15, -0.1) is 13.2 Å². The number of carbonyl (C=O) groups is 1. The Bertz CT molecular complexity index is 859. The minimum Gasteiger partial charge on any atom is -0.405 e. The highest BCUT2D eigenvalue weighted by Gasteiger charge is 2.31. The zero-order chi connectivity index (χ0) is 20.1. The number of nitrogens with zero attached hydrogens (tertiary/aromatic N) is 2. The molecule has 0 spiro atoms. The molecule has 2 aromatic carbocycles. The maximum atomic E-state index is 13.9. The van der Waals surface area contributed by atoms with E-state index < -0.39 is 6.36 Å². The first-order valence-corrected chi connectivity index (χ1v) is 8.65. The first-order valence-electron chi connectivity index (χ1n) is 8.65. The Hall–Kier alpha value is -3.03. The van der Waals surface area contributed by atoms with Gasteiger partial charge in [-0.2, -0.15) is 0 Å². The number of alkyl halides is 3. The summed E-state index contributed by atoms with van der Waals surface area (Å²) in [6.45, 7) is 1.71. The summed E-state index contributed by atoms with van der Waals surface area (Å²) < 4.78 is 55.2. The number of hydrogen-bond acceptors (Lipinski definition) is 3. The van der Waals surface area contributed by atoms with Crippen molar-refractivity contribution in [2.24, 2.45) is 0 Å². The van der Waals surface area contributed by atoms with E-state index in [2.05, 4.69) is 4.74 Å². The molecule has 8 heteroatoms. The molecule has 4 nitrogen and oxygen atoms in total. The molecule has 1 heterocycles. The molecule has 0 bridgehead atoms. The molecule has 0 radical (unpaired) electrons. The van der Waals surface area contributed by atoms with E-state index in [1.54, 1.807) is 29.2 Å². The lowest BCUT2D eigenvalue weighted by Gasteiger charge is -2.35. The second-order valence-electron chi connectivity index (χ2n) is 6.18. The number of halogens is 4. The van der Waals surface area contributed by atoms with Gasteiger partial charge in [0.15, 0.2) is 0 Å². The summed E-state index contributed by atoms with van der Waals surface area (Å²) >= 11 is 0. The van der Waals surface area contributed by atoms with Crippen LogP contribution in [0.25, 0.3) is 6.08 Å². The van der Waals surface area contributed by atoms with Crippen molar-refractivity contribution in [2.75, 3.05) is 31.1 Å². The van der Waals surface area contributed by atoms with Crippen LogP contribution >= 0.6 is 0 Å². The summed E-state index contributed by atoms with van der Waals surface area (Å²) in [5.41, 5.74) is 0.640. The molecule has 3 rings (SSSR count). The topological polar surface area (TPSA) is 32.8 Å². The molecule has 2 aromatic rings. The van der Waals surface area contributed by atoms with Gasteiger partial charge < -0.3 is 14.5 Å². The van der Waals surface area contributed by atoms with Crippen molar-refractivity contribution in [3.63, 3.8) is 0 Å². The predicted octanol–water partition coefficient (Wildman–Crippen LogP) is 4.09. The van der Waals surface area contributed by atoms with Crippen LogP contribution in [0, 0.1) is 5.82 Å². The van der Waals surface area contributed by atoms with Gasteiger partial charge in [-0.3, -0.25) is 4.79 Å². The molecule has 1 fully saturated rings. The number of carbonyl (C=O) groups excluding carboxylic acids is 1. The fourth-order valence-corrected chi connectivity index (χ4v) is 2.98. The van der Waals surface area contributed by atoms with Crippen molar-refractivity contribution < 1.29 is 27.1 Å². The van der Waals surface area contributed by atoms with Gasteiger partial charge in [-0.1, -0.05) is 30.3 Å². The third kappa shape index (κ3) is 5.03. The second kappa shape index (κ2) is 8.33. The van der Waals surface area contributed by atoms with Gasteiger partial charge in [0.2, 0.25) is 5.91 Å². The fourth-order valence-electron chi connectivity index (χ4n) is 2.98. The Labute approximate surface area is 159 Å². The Kier molecular flexibility index (Phi) is 5.87. The van der Waals surface area contributed by atoms with Crippen LogP contribution in [-0.4, -0.2) is 43.3 Å². The van der Waals surface area contributed by atoms with Crippen LogP contribution in [0.2, 0.25) is 0 Å². The second-order valence-corrected chi connectivity index (χ2v) is 6.18. The average molecular weight is 394 g/mol. The summed E-state index contributed by atoms with van der Waals surface area (Å²) in [5.74, 6) is -1.01. The van der Waals surface area contributed by atoms with Gasteiger partial charge in [-0.05, 0) is 24.3 Å². The number of piperazine rings is 1. The van der Waals surface area contributed by atoms with Gasteiger partial charge in [0, 0.05) is 37.8 Å². The highest BCUT2D eigenvalue weighted by Crippen LogP contribution is 2.27. The summed E-state index contributed by atoms with van der Waals surface area (Å²) in [7, 11) is 0. The lowest BCUT2D eigenvalue weighted by molar-refractivity contribution is -0.274. The minimum absolute atomic E-state index is 0.151. The standard InChI is InChI=1S/C20H18F4N2O2/c21-16-6-2-3-7-17(16)25-11-13-26(14-12-25)19(27)10-9-15-5-1-4-8-18(15)28-20(22,23)24/h1-10H,11-14H2/b10-9+. The van der Waals surface area contributed by atoms with E-state index in [1.165, 1.54) is 36.4 Å². The van der Waals surface area contributed by atoms with Crippen molar-refractivity contribution in [3.05, 3.63) is 66.0 Å². The Morgan fingerprint density at radius 3 is 2.29 bits per heavy atom. The Morgan fingerprint density at radius 1 is 0.964 bits per heavy atom. The largest absolute Gasteiger partial charge is 0.573 e. The van der Waals surface area contributed by atoms with Crippen molar-refractivity contribution in [2.45, 2.75) is 6.36 Å².